The van der Waals surface area contributed by atoms with Crippen LogP contribution in [0.5, 0.6) is 0 Å². The summed E-state index contributed by atoms with van der Waals surface area (Å²) in [5.74, 6) is 0.631. The lowest BCUT2D eigenvalue weighted by atomic mass is 10.1. The van der Waals surface area contributed by atoms with Crippen molar-refractivity contribution in [3.8, 4) is 0 Å². The van der Waals surface area contributed by atoms with Gasteiger partial charge in [-0.15, -0.1) is 0 Å². The third-order valence-electron chi connectivity index (χ3n) is 2.97. The van der Waals surface area contributed by atoms with Gasteiger partial charge in [0.25, 0.3) is 0 Å². The summed E-state index contributed by atoms with van der Waals surface area (Å²) in [6, 6.07) is 6.49. The average molecular weight is 290 g/mol. The molecule has 0 saturated heterocycles. The number of benzene rings is 1. The Labute approximate surface area is 108 Å². The molecule has 0 spiro atoms. The van der Waals surface area contributed by atoms with Crippen LogP contribution < -0.4 is 5.32 Å². The molecule has 1 aliphatic rings. The van der Waals surface area contributed by atoms with Crippen LogP contribution in [0.4, 0.5) is 11.6 Å². The maximum Gasteiger partial charge on any atom is 0.227 e. The molecule has 0 fully saturated rings. The minimum atomic E-state index is 0.631. The number of nitrogens with one attached hydrogen (secondary N) is 1. The second-order valence-electron chi connectivity index (χ2n) is 4.19. The molecule has 1 aromatic heterocycles. The molecule has 3 nitrogen and oxygen atoms in total. The van der Waals surface area contributed by atoms with Crippen LogP contribution in [0.3, 0.4) is 0 Å². The molecule has 0 amide bonds. The normalized spacial score (nSPS) is 13.5. The van der Waals surface area contributed by atoms with E-state index in [9.17, 15) is 0 Å². The Balaban J connectivity index is 1.83. The Morgan fingerprint density at radius 2 is 1.82 bits per heavy atom. The molecule has 86 valence electrons. The molecular weight excluding hydrogens is 278 g/mol. The smallest absolute Gasteiger partial charge is 0.227 e. The van der Waals surface area contributed by atoms with Crippen LogP contribution in [0.15, 0.2) is 35.1 Å². The number of rotatable bonds is 2. The van der Waals surface area contributed by atoms with E-state index in [0.29, 0.717) is 5.95 Å². The summed E-state index contributed by atoms with van der Waals surface area (Å²) >= 11 is 3.32. The van der Waals surface area contributed by atoms with Crippen molar-refractivity contribution in [2.24, 2.45) is 0 Å². The van der Waals surface area contributed by atoms with Gasteiger partial charge in [-0.05, 0) is 58.5 Å². The Bertz CT molecular complexity index is 537. The number of hydrogen-bond acceptors (Lipinski definition) is 3. The Hall–Kier alpha value is -1.42. The molecular formula is C13H12BrN3. The number of hydrogen-bond donors (Lipinski definition) is 1. The van der Waals surface area contributed by atoms with Crippen molar-refractivity contribution >= 4 is 27.6 Å². The Morgan fingerprint density at radius 1 is 1.06 bits per heavy atom. The number of nitrogens with zero attached hydrogens (tertiary/aromatic N) is 2. The molecule has 17 heavy (non-hydrogen) atoms. The maximum atomic E-state index is 4.20. The summed E-state index contributed by atoms with van der Waals surface area (Å²) in [5.41, 5.74) is 3.99. The van der Waals surface area contributed by atoms with Gasteiger partial charge in [0.05, 0.1) is 4.47 Å². The van der Waals surface area contributed by atoms with Crippen LogP contribution in [-0.4, -0.2) is 9.97 Å². The predicted octanol–water partition coefficient (Wildman–Crippen LogP) is 3.47. The van der Waals surface area contributed by atoms with Crippen molar-refractivity contribution in [1.82, 2.24) is 9.97 Å². The summed E-state index contributed by atoms with van der Waals surface area (Å²) in [7, 11) is 0. The summed E-state index contributed by atoms with van der Waals surface area (Å²) in [5, 5.41) is 3.22. The second kappa shape index (κ2) is 4.45. The van der Waals surface area contributed by atoms with Gasteiger partial charge in [-0.1, -0.05) is 6.07 Å². The van der Waals surface area contributed by atoms with Crippen LogP contribution in [0, 0.1) is 0 Å². The van der Waals surface area contributed by atoms with Crippen molar-refractivity contribution < 1.29 is 0 Å². The van der Waals surface area contributed by atoms with Gasteiger partial charge in [0, 0.05) is 18.1 Å². The molecule has 2 aromatic rings. The first-order chi connectivity index (χ1) is 8.31. The van der Waals surface area contributed by atoms with E-state index < -0.39 is 0 Å². The molecule has 1 N–H and O–H groups in total. The summed E-state index contributed by atoms with van der Waals surface area (Å²) < 4.78 is 0.886. The zero-order valence-electron chi connectivity index (χ0n) is 9.28. The van der Waals surface area contributed by atoms with Gasteiger partial charge in [-0.25, -0.2) is 9.97 Å². The number of fused-ring (bicyclic) bond motifs is 1. The van der Waals surface area contributed by atoms with E-state index in [1.807, 2.05) is 0 Å². The summed E-state index contributed by atoms with van der Waals surface area (Å²) in [6.45, 7) is 0. The Morgan fingerprint density at radius 3 is 2.65 bits per heavy atom. The van der Waals surface area contributed by atoms with Gasteiger partial charge >= 0.3 is 0 Å². The third kappa shape index (κ3) is 2.31. The quantitative estimate of drug-likeness (QED) is 0.920. The fourth-order valence-corrected chi connectivity index (χ4v) is 2.36. The fraction of sp³-hybridized carbons (Fsp3) is 0.231. The van der Waals surface area contributed by atoms with E-state index in [-0.39, 0.29) is 0 Å². The molecule has 4 heteroatoms. The van der Waals surface area contributed by atoms with Crippen molar-refractivity contribution in [2.75, 3.05) is 5.32 Å². The van der Waals surface area contributed by atoms with Gasteiger partial charge in [0.15, 0.2) is 0 Å². The van der Waals surface area contributed by atoms with E-state index in [0.717, 1.165) is 10.2 Å². The highest BCUT2D eigenvalue weighted by atomic mass is 79.9. The summed E-state index contributed by atoms with van der Waals surface area (Å²) in [6.07, 6.45) is 7.15. The fourth-order valence-electron chi connectivity index (χ4n) is 2.16. The van der Waals surface area contributed by atoms with Crippen LogP contribution in [0.2, 0.25) is 0 Å². The molecule has 1 aromatic carbocycles. The number of halogens is 1. The van der Waals surface area contributed by atoms with Gasteiger partial charge in [-0.3, -0.25) is 0 Å². The SMILES string of the molecule is Brc1cnc(Nc2ccc3c(c2)CCC3)nc1. The highest BCUT2D eigenvalue weighted by Gasteiger charge is 2.10. The minimum Gasteiger partial charge on any atom is -0.324 e. The van der Waals surface area contributed by atoms with Crippen LogP contribution in [-0.2, 0) is 12.8 Å². The van der Waals surface area contributed by atoms with E-state index in [1.54, 1.807) is 12.4 Å². The second-order valence-corrected chi connectivity index (χ2v) is 5.10. The van der Waals surface area contributed by atoms with Crippen molar-refractivity contribution in [3.63, 3.8) is 0 Å². The minimum absolute atomic E-state index is 0.631. The van der Waals surface area contributed by atoms with E-state index >= 15 is 0 Å². The number of aryl methyl sites for hydroxylation is 2. The van der Waals surface area contributed by atoms with Gasteiger partial charge < -0.3 is 5.32 Å². The van der Waals surface area contributed by atoms with E-state index in [2.05, 4.69) is 49.4 Å². The number of anilines is 2. The van der Waals surface area contributed by atoms with Crippen LogP contribution in [0.1, 0.15) is 17.5 Å². The largest absolute Gasteiger partial charge is 0.324 e. The lowest BCUT2D eigenvalue weighted by Crippen LogP contribution is -1.97. The lowest BCUT2D eigenvalue weighted by Gasteiger charge is -2.06. The highest BCUT2D eigenvalue weighted by Crippen LogP contribution is 2.25. The number of aromatic nitrogens is 2. The highest BCUT2D eigenvalue weighted by molar-refractivity contribution is 9.10. The first-order valence-corrected chi connectivity index (χ1v) is 6.47. The van der Waals surface area contributed by atoms with Gasteiger partial charge in [0.2, 0.25) is 5.95 Å². The monoisotopic (exact) mass is 289 g/mol. The molecule has 3 rings (SSSR count). The molecule has 1 heterocycles. The standard InChI is InChI=1S/C13H12BrN3/c14-11-7-15-13(16-8-11)17-12-5-4-9-2-1-3-10(9)6-12/h4-8H,1-3H2,(H,15,16,17). The molecule has 0 saturated carbocycles. The molecule has 0 unspecified atom stereocenters. The lowest BCUT2D eigenvalue weighted by molar-refractivity contribution is 0.912. The van der Waals surface area contributed by atoms with Gasteiger partial charge in [0.1, 0.15) is 0 Å². The summed E-state index contributed by atoms with van der Waals surface area (Å²) in [4.78, 5) is 8.40. The first-order valence-electron chi connectivity index (χ1n) is 5.68. The first kappa shape index (κ1) is 10.7. The molecule has 0 atom stereocenters. The van der Waals surface area contributed by atoms with Crippen LogP contribution in [0.25, 0.3) is 0 Å². The maximum absolute atomic E-state index is 4.20. The van der Waals surface area contributed by atoms with Crippen molar-refractivity contribution in [2.45, 2.75) is 19.3 Å². The Kier molecular flexibility index (Phi) is 2.81. The van der Waals surface area contributed by atoms with E-state index in [1.165, 1.54) is 30.4 Å². The average Bonchev–Trinajstić information content (AvgIpc) is 2.79. The van der Waals surface area contributed by atoms with Gasteiger partial charge in [-0.2, -0.15) is 0 Å². The topological polar surface area (TPSA) is 37.8 Å². The molecule has 0 radical (unpaired) electrons. The zero-order valence-corrected chi connectivity index (χ0v) is 10.9. The van der Waals surface area contributed by atoms with E-state index in [4.69, 9.17) is 0 Å². The molecule has 1 aliphatic carbocycles. The van der Waals surface area contributed by atoms with Crippen molar-refractivity contribution in [1.29, 1.82) is 0 Å². The van der Waals surface area contributed by atoms with Crippen LogP contribution >= 0.6 is 15.9 Å². The molecule has 0 bridgehead atoms. The molecule has 0 aliphatic heterocycles. The third-order valence-corrected chi connectivity index (χ3v) is 3.38. The van der Waals surface area contributed by atoms with Crippen molar-refractivity contribution in [3.05, 3.63) is 46.2 Å². The predicted molar refractivity (Wildman–Crippen MR) is 71.5 cm³/mol. The zero-order chi connectivity index (χ0) is 11.7.